The van der Waals surface area contributed by atoms with Crippen molar-refractivity contribution in [2.45, 2.75) is 25.8 Å². The molecule has 0 saturated carbocycles. The van der Waals surface area contributed by atoms with Gasteiger partial charge in [-0.15, -0.1) is 0 Å². The first-order chi connectivity index (χ1) is 9.40. The van der Waals surface area contributed by atoms with Gasteiger partial charge < -0.3 is 19.9 Å². The Morgan fingerprint density at radius 1 is 1.40 bits per heavy atom. The van der Waals surface area contributed by atoms with Gasteiger partial charge in [-0.2, -0.15) is 0 Å². The number of aliphatic hydroxyl groups is 1. The van der Waals surface area contributed by atoms with Crippen molar-refractivity contribution in [2.24, 2.45) is 0 Å². The van der Waals surface area contributed by atoms with Crippen molar-refractivity contribution >= 4 is 21.8 Å². The quantitative estimate of drug-likeness (QED) is 0.830. The molecule has 2 N–H and O–H groups in total. The lowest BCUT2D eigenvalue weighted by molar-refractivity contribution is 0.0844. The van der Waals surface area contributed by atoms with Crippen molar-refractivity contribution in [3.8, 4) is 11.5 Å². The number of nitrogens with one attached hydrogen (secondary N) is 1. The molecule has 20 heavy (non-hydrogen) atoms. The maximum Gasteiger partial charge on any atom is 0.255 e. The average Bonchev–Trinajstić information content (AvgIpc) is 2.45. The third kappa shape index (κ3) is 3.64. The lowest BCUT2D eigenvalue weighted by atomic mass is 9.99. The summed E-state index contributed by atoms with van der Waals surface area (Å²) in [5.74, 6) is 0.657. The zero-order chi connectivity index (χ0) is 15.3. The van der Waals surface area contributed by atoms with Crippen molar-refractivity contribution in [1.82, 2.24) is 5.32 Å². The van der Waals surface area contributed by atoms with Gasteiger partial charge in [0.15, 0.2) is 0 Å². The number of hydrogen-bond acceptors (Lipinski definition) is 4. The van der Waals surface area contributed by atoms with Crippen LogP contribution in [0.25, 0.3) is 0 Å². The molecule has 0 aromatic heterocycles. The lowest BCUT2D eigenvalue weighted by Gasteiger charge is -2.27. The van der Waals surface area contributed by atoms with E-state index in [9.17, 15) is 9.90 Å². The smallest absolute Gasteiger partial charge is 0.255 e. The molecule has 0 aliphatic heterocycles. The van der Waals surface area contributed by atoms with Crippen molar-refractivity contribution in [3.05, 3.63) is 22.2 Å². The van der Waals surface area contributed by atoms with E-state index in [1.807, 2.05) is 6.92 Å². The second-order valence-electron chi connectivity index (χ2n) is 4.72. The van der Waals surface area contributed by atoms with Crippen LogP contribution in [0.15, 0.2) is 16.6 Å². The van der Waals surface area contributed by atoms with Crippen molar-refractivity contribution in [1.29, 1.82) is 0 Å². The number of benzene rings is 1. The number of methoxy groups -OCH3 is 2. The number of carbonyl (C=O) groups excluding carboxylic acids is 1. The summed E-state index contributed by atoms with van der Waals surface area (Å²) >= 11 is 3.35. The molecule has 1 unspecified atom stereocenters. The summed E-state index contributed by atoms with van der Waals surface area (Å²) in [6, 6.07) is 3.33. The highest BCUT2D eigenvalue weighted by Gasteiger charge is 2.26. The molecular weight excluding hydrogens is 326 g/mol. The summed E-state index contributed by atoms with van der Waals surface area (Å²) in [4.78, 5) is 12.4. The fraction of sp³-hybridized carbons (Fsp3) is 0.500. The summed E-state index contributed by atoms with van der Waals surface area (Å²) in [6.45, 7) is 3.55. The first kappa shape index (κ1) is 16.8. The van der Waals surface area contributed by atoms with E-state index in [2.05, 4.69) is 21.2 Å². The Morgan fingerprint density at radius 3 is 2.50 bits per heavy atom. The Morgan fingerprint density at radius 2 is 2.05 bits per heavy atom. The van der Waals surface area contributed by atoms with Crippen LogP contribution < -0.4 is 14.8 Å². The van der Waals surface area contributed by atoms with Gasteiger partial charge >= 0.3 is 0 Å². The van der Waals surface area contributed by atoms with Gasteiger partial charge in [-0.05, 0) is 41.4 Å². The van der Waals surface area contributed by atoms with Crippen molar-refractivity contribution < 1.29 is 19.4 Å². The SMILES string of the molecule is CCC(C)(CO)NC(=O)c1cc(OC)cc(Br)c1OC. The van der Waals surface area contributed by atoms with Crippen LogP contribution in [0, 0.1) is 0 Å². The van der Waals surface area contributed by atoms with Gasteiger partial charge in [0.05, 0.1) is 36.4 Å². The van der Waals surface area contributed by atoms with Crippen LogP contribution in [-0.2, 0) is 0 Å². The van der Waals surface area contributed by atoms with Crippen LogP contribution in [0.3, 0.4) is 0 Å². The highest BCUT2D eigenvalue weighted by atomic mass is 79.9. The predicted molar refractivity (Wildman–Crippen MR) is 80.5 cm³/mol. The number of carbonyl (C=O) groups is 1. The largest absolute Gasteiger partial charge is 0.497 e. The number of hydrogen-bond donors (Lipinski definition) is 2. The Labute approximate surface area is 127 Å². The van der Waals surface area contributed by atoms with Gasteiger partial charge in [-0.25, -0.2) is 0 Å². The van der Waals surface area contributed by atoms with E-state index >= 15 is 0 Å². The first-order valence-electron chi connectivity index (χ1n) is 6.25. The van der Waals surface area contributed by atoms with Crippen LogP contribution >= 0.6 is 15.9 Å². The first-order valence-corrected chi connectivity index (χ1v) is 7.05. The fourth-order valence-corrected chi connectivity index (χ4v) is 2.24. The second-order valence-corrected chi connectivity index (χ2v) is 5.57. The highest BCUT2D eigenvalue weighted by molar-refractivity contribution is 9.10. The van der Waals surface area contributed by atoms with Gasteiger partial charge in [0.1, 0.15) is 11.5 Å². The molecule has 1 rings (SSSR count). The number of rotatable bonds is 6. The summed E-state index contributed by atoms with van der Waals surface area (Å²) in [5.41, 5.74) is -0.315. The number of halogens is 1. The minimum absolute atomic E-state index is 0.136. The summed E-state index contributed by atoms with van der Waals surface area (Å²) < 4.78 is 11.0. The number of ether oxygens (including phenoxy) is 2. The molecule has 0 spiro atoms. The minimum Gasteiger partial charge on any atom is -0.497 e. The minimum atomic E-state index is -0.669. The zero-order valence-electron chi connectivity index (χ0n) is 12.1. The zero-order valence-corrected chi connectivity index (χ0v) is 13.7. The normalized spacial score (nSPS) is 13.5. The van der Waals surface area contributed by atoms with Gasteiger partial charge in [-0.1, -0.05) is 6.92 Å². The maximum absolute atomic E-state index is 12.4. The lowest BCUT2D eigenvalue weighted by Crippen LogP contribution is -2.48. The predicted octanol–water partition coefficient (Wildman–Crippen LogP) is 2.36. The molecule has 1 aromatic carbocycles. The van der Waals surface area contributed by atoms with E-state index in [-0.39, 0.29) is 12.5 Å². The molecule has 1 atom stereocenters. The Balaban J connectivity index is 3.17. The summed E-state index contributed by atoms with van der Waals surface area (Å²) in [5, 5.41) is 12.2. The second kappa shape index (κ2) is 6.95. The van der Waals surface area contributed by atoms with E-state index in [0.29, 0.717) is 28.0 Å². The van der Waals surface area contributed by atoms with Gasteiger partial charge in [0.2, 0.25) is 0 Å². The van der Waals surface area contributed by atoms with Crippen molar-refractivity contribution in [2.75, 3.05) is 20.8 Å². The molecule has 0 saturated heterocycles. The number of aliphatic hydroxyl groups excluding tert-OH is 1. The fourth-order valence-electron chi connectivity index (χ4n) is 1.64. The Kier molecular flexibility index (Phi) is 5.83. The standard InChI is InChI=1S/C14H20BrNO4/c1-5-14(2,8-17)16-13(18)10-6-9(19-3)7-11(15)12(10)20-4/h6-7,17H,5,8H2,1-4H3,(H,16,18). The average molecular weight is 346 g/mol. The van der Waals surface area contributed by atoms with Crippen LogP contribution in [0.4, 0.5) is 0 Å². The van der Waals surface area contributed by atoms with E-state index in [1.165, 1.54) is 14.2 Å². The van der Waals surface area contributed by atoms with Crippen LogP contribution in [0.2, 0.25) is 0 Å². The van der Waals surface area contributed by atoms with E-state index in [1.54, 1.807) is 19.1 Å². The molecule has 0 aliphatic carbocycles. The van der Waals surface area contributed by atoms with E-state index < -0.39 is 5.54 Å². The Bertz CT molecular complexity index is 486. The van der Waals surface area contributed by atoms with Crippen LogP contribution in [0.5, 0.6) is 11.5 Å². The van der Waals surface area contributed by atoms with Crippen LogP contribution in [-0.4, -0.2) is 37.4 Å². The van der Waals surface area contributed by atoms with Crippen LogP contribution in [0.1, 0.15) is 30.6 Å². The molecule has 5 nitrogen and oxygen atoms in total. The Hall–Kier alpha value is -1.27. The molecule has 0 fully saturated rings. The molecule has 1 amide bonds. The third-order valence-electron chi connectivity index (χ3n) is 3.25. The molecule has 6 heteroatoms. The van der Waals surface area contributed by atoms with E-state index in [4.69, 9.17) is 9.47 Å². The highest BCUT2D eigenvalue weighted by Crippen LogP contribution is 2.33. The monoisotopic (exact) mass is 345 g/mol. The summed E-state index contributed by atoms with van der Waals surface area (Å²) in [6.07, 6.45) is 0.614. The van der Waals surface area contributed by atoms with Crippen molar-refractivity contribution in [3.63, 3.8) is 0 Å². The third-order valence-corrected chi connectivity index (χ3v) is 3.84. The van der Waals surface area contributed by atoms with E-state index in [0.717, 1.165) is 0 Å². The molecule has 0 radical (unpaired) electrons. The molecule has 1 aromatic rings. The molecular formula is C14H20BrNO4. The van der Waals surface area contributed by atoms with Gasteiger partial charge in [0.25, 0.3) is 5.91 Å². The molecule has 0 aliphatic rings. The number of amides is 1. The summed E-state index contributed by atoms with van der Waals surface area (Å²) in [7, 11) is 3.02. The molecule has 0 bridgehead atoms. The van der Waals surface area contributed by atoms with Gasteiger partial charge in [0, 0.05) is 0 Å². The molecule has 112 valence electrons. The molecule has 0 heterocycles. The topological polar surface area (TPSA) is 67.8 Å². The maximum atomic E-state index is 12.4. The van der Waals surface area contributed by atoms with Gasteiger partial charge in [-0.3, -0.25) is 4.79 Å².